The van der Waals surface area contributed by atoms with Crippen LogP contribution in [0.2, 0.25) is 0 Å². The summed E-state index contributed by atoms with van der Waals surface area (Å²) < 4.78 is 1.32. The first-order chi connectivity index (χ1) is 14.7. The molecule has 1 fully saturated rings. The van der Waals surface area contributed by atoms with E-state index in [2.05, 4.69) is 11.9 Å². The smallest absolute Gasteiger partial charge is 0.330 e. The lowest BCUT2D eigenvalue weighted by molar-refractivity contribution is -0.128. The molecule has 1 aromatic heterocycles. The number of nitrogens with two attached hydrogens (primary N) is 1. The largest absolute Gasteiger partial charge is 0.383 e. The van der Waals surface area contributed by atoms with E-state index in [0.717, 1.165) is 25.7 Å². The third-order valence-electron chi connectivity index (χ3n) is 5.62. The minimum Gasteiger partial charge on any atom is -0.383 e. The lowest BCUT2D eigenvalue weighted by atomic mass is 10.1. The molecular weight excluding hydrogens is 398 g/mol. The van der Waals surface area contributed by atoms with E-state index in [9.17, 15) is 19.2 Å². The summed E-state index contributed by atoms with van der Waals surface area (Å²) in [5.41, 5.74) is 5.05. The van der Waals surface area contributed by atoms with Gasteiger partial charge in [-0.1, -0.05) is 47.0 Å². The van der Waals surface area contributed by atoms with E-state index in [1.807, 2.05) is 20.8 Å². The van der Waals surface area contributed by atoms with Gasteiger partial charge >= 0.3 is 5.69 Å². The summed E-state index contributed by atoms with van der Waals surface area (Å²) in [4.78, 5) is 56.4. The first-order valence-electron chi connectivity index (χ1n) is 11.4. The summed E-state index contributed by atoms with van der Waals surface area (Å²) in [6.07, 6.45) is 4.25. The van der Waals surface area contributed by atoms with Crippen LogP contribution >= 0.6 is 0 Å². The number of nitrogen functional groups attached to an aromatic ring is 1. The molecule has 9 heteroatoms. The number of hydrogen-bond donors (Lipinski definition) is 2. The Bertz CT molecular complexity index is 889. The first-order valence-corrected chi connectivity index (χ1v) is 11.4. The third-order valence-corrected chi connectivity index (χ3v) is 5.62. The summed E-state index contributed by atoms with van der Waals surface area (Å²) >= 11 is 0. The predicted octanol–water partition coefficient (Wildman–Crippen LogP) is 1.95. The highest BCUT2D eigenvalue weighted by molar-refractivity contribution is 6.00. The summed E-state index contributed by atoms with van der Waals surface area (Å²) in [6, 6.07) is 0. The highest BCUT2D eigenvalue weighted by atomic mass is 16.2. The SMILES string of the molecule is CCCCCN(C(=O)C1CC(=O)N(CC(C)C)C1)c1c(N)n(CCCC)c(=O)[nH]c1=O. The Morgan fingerprint density at radius 2 is 1.84 bits per heavy atom. The number of rotatable bonds is 11. The number of likely N-dealkylation sites (tertiary alicyclic amines) is 1. The van der Waals surface area contributed by atoms with Gasteiger partial charge in [-0.05, 0) is 18.8 Å². The highest BCUT2D eigenvalue weighted by Crippen LogP contribution is 2.26. The number of carbonyl (C=O) groups excluding carboxylic acids is 2. The van der Waals surface area contributed by atoms with Crippen molar-refractivity contribution < 1.29 is 9.59 Å². The Balaban J connectivity index is 2.41. The molecule has 0 spiro atoms. The van der Waals surface area contributed by atoms with Gasteiger partial charge in [0, 0.05) is 32.6 Å². The fraction of sp³-hybridized carbons (Fsp3) is 0.727. The molecule has 2 amide bonds. The Morgan fingerprint density at radius 1 is 1.16 bits per heavy atom. The van der Waals surface area contributed by atoms with Crippen LogP contribution in [-0.2, 0) is 16.1 Å². The van der Waals surface area contributed by atoms with E-state index >= 15 is 0 Å². The van der Waals surface area contributed by atoms with E-state index in [1.165, 1.54) is 9.47 Å². The van der Waals surface area contributed by atoms with Crippen LogP contribution in [0.1, 0.15) is 66.2 Å². The van der Waals surface area contributed by atoms with Gasteiger partial charge < -0.3 is 15.5 Å². The topological polar surface area (TPSA) is 121 Å². The van der Waals surface area contributed by atoms with Gasteiger partial charge in [0.1, 0.15) is 5.82 Å². The van der Waals surface area contributed by atoms with Crippen LogP contribution in [0.4, 0.5) is 11.5 Å². The van der Waals surface area contributed by atoms with Gasteiger partial charge in [0.25, 0.3) is 5.56 Å². The molecule has 1 aromatic rings. The van der Waals surface area contributed by atoms with Crippen LogP contribution in [0.25, 0.3) is 0 Å². The Hall–Kier alpha value is -2.58. The van der Waals surface area contributed by atoms with Crippen molar-refractivity contribution in [3.63, 3.8) is 0 Å². The Kier molecular flexibility index (Phi) is 8.88. The zero-order valence-electron chi connectivity index (χ0n) is 19.3. The van der Waals surface area contributed by atoms with Gasteiger partial charge in [-0.3, -0.25) is 23.9 Å². The lowest BCUT2D eigenvalue weighted by Crippen LogP contribution is -2.44. The van der Waals surface area contributed by atoms with E-state index in [0.29, 0.717) is 38.5 Å². The fourth-order valence-electron chi connectivity index (χ4n) is 4.00. The van der Waals surface area contributed by atoms with Crippen molar-refractivity contribution in [2.45, 2.75) is 72.8 Å². The molecule has 0 bridgehead atoms. The van der Waals surface area contributed by atoms with Crippen molar-refractivity contribution >= 4 is 23.3 Å². The van der Waals surface area contributed by atoms with Crippen LogP contribution < -0.4 is 21.9 Å². The minimum absolute atomic E-state index is 0.00964. The second-order valence-corrected chi connectivity index (χ2v) is 8.79. The number of hydrogen-bond acceptors (Lipinski definition) is 5. The second kappa shape index (κ2) is 11.2. The van der Waals surface area contributed by atoms with Crippen LogP contribution in [0.3, 0.4) is 0 Å². The Labute approximate surface area is 183 Å². The number of carbonyl (C=O) groups is 2. The summed E-state index contributed by atoms with van der Waals surface area (Å²) in [6.45, 7) is 9.73. The number of nitrogens with zero attached hydrogens (tertiary/aromatic N) is 3. The molecule has 1 aliphatic rings. The third kappa shape index (κ3) is 5.98. The van der Waals surface area contributed by atoms with E-state index in [4.69, 9.17) is 5.73 Å². The highest BCUT2D eigenvalue weighted by Gasteiger charge is 2.38. The Morgan fingerprint density at radius 3 is 2.45 bits per heavy atom. The number of anilines is 2. The maximum Gasteiger partial charge on any atom is 0.330 e. The second-order valence-electron chi connectivity index (χ2n) is 8.79. The zero-order chi connectivity index (χ0) is 23.1. The molecule has 2 rings (SSSR count). The number of unbranched alkanes of at least 4 members (excludes halogenated alkanes) is 3. The van der Waals surface area contributed by atoms with Crippen LogP contribution in [-0.4, -0.2) is 45.9 Å². The molecule has 0 radical (unpaired) electrons. The minimum atomic E-state index is -0.663. The molecule has 9 nitrogen and oxygen atoms in total. The number of H-pyrrole nitrogens is 1. The average Bonchev–Trinajstić information content (AvgIpc) is 3.05. The van der Waals surface area contributed by atoms with Gasteiger partial charge in [-0.15, -0.1) is 0 Å². The summed E-state index contributed by atoms with van der Waals surface area (Å²) in [7, 11) is 0. The van der Waals surface area contributed by atoms with E-state index < -0.39 is 17.2 Å². The maximum absolute atomic E-state index is 13.5. The molecule has 1 aliphatic heterocycles. The molecule has 31 heavy (non-hydrogen) atoms. The maximum atomic E-state index is 13.5. The molecule has 0 aliphatic carbocycles. The van der Waals surface area contributed by atoms with Crippen molar-refractivity contribution in [1.29, 1.82) is 0 Å². The first kappa shape index (κ1) is 24.7. The van der Waals surface area contributed by atoms with Gasteiger partial charge in [-0.2, -0.15) is 0 Å². The van der Waals surface area contributed by atoms with Gasteiger partial charge in [-0.25, -0.2) is 4.79 Å². The molecule has 2 heterocycles. The monoisotopic (exact) mass is 435 g/mol. The van der Waals surface area contributed by atoms with E-state index in [-0.39, 0.29) is 29.7 Å². The quantitative estimate of drug-likeness (QED) is 0.515. The number of nitrogens with one attached hydrogen (secondary N) is 1. The number of aromatic amines is 1. The van der Waals surface area contributed by atoms with Crippen LogP contribution in [0.5, 0.6) is 0 Å². The summed E-state index contributed by atoms with van der Waals surface area (Å²) in [5.74, 6) is -0.541. The van der Waals surface area contributed by atoms with Gasteiger partial charge in [0.05, 0.1) is 5.92 Å². The molecule has 0 saturated carbocycles. The van der Waals surface area contributed by atoms with Gasteiger partial charge in [0.2, 0.25) is 11.8 Å². The number of amides is 2. The molecule has 3 N–H and O–H groups in total. The normalized spacial score (nSPS) is 16.4. The van der Waals surface area contributed by atoms with Crippen LogP contribution in [0, 0.1) is 11.8 Å². The van der Waals surface area contributed by atoms with E-state index in [1.54, 1.807) is 4.90 Å². The van der Waals surface area contributed by atoms with Crippen molar-refractivity contribution in [1.82, 2.24) is 14.5 Å². The molecule has 1 saturated heterocycles. The molecule has 174 valence electrons. The molecule has 1 atom stereocenters. The predicted molar refractivity (Wildman–Crippen MR) is 122 cm³/mol. The standard InChI is InChI=1S/C22H37N5O4/c1-5-7-9-11-26(21(30)16-12-17(28)25(14-16)13-15(3)4)18-19(23)27(10-8-6-2)22(31)24-20(18)29/h15-16H,5-14,23H2,1-4H3,(H,24,29,31). The molecule has 1 unspecified atom stereocenters. The van der Waals surface area contributed by atoms with Crippen LogP contribution in [0.15, 0.2) is 9.59 Å². The molecular formula is C22H37N5O4. The fourth-order valence-corrected chi connectivity index (χ4v) is 4.00. The zero-order valence-corrected chi connectivity index (χ0v) is 19.3. The van der Waals surface area contributed by atoms with Crippen molar-refractivity contribution in [3.8, 4) is 0 Å². The van der Waals surface area contributed by atoms with Crippen molar-refractivity contribution in [2.24, 2.45) is 11.8 Å². The lowest BCUT2D eigenvalue weighted by Gasteiger charge is -2.27. The van der Waals surface area contributed by atoms with Crippen molar-refractivity contribution in [2.75, 3.05) is 30.3 Å². The van der Waals surface area contributed by atoms with Crippen molar-refractivity contribution in [3.05, 3.63) is 20.8 Å². The summed E-state index contributed by atoms with van der Waals surface area (Å²) in [5, 5.41) is 0. The molecule has 0 aromatic carbocycles. The van der Waals surface area contributed by atoms with Gasteiger partial charge in [0.15, 0.2) is 5.69 Å². The number of aromatic nitrogens is 2. The average molecular weight is 436 g/mol.